The van der Waals surface area contributed by atoms with Crippen LogP contribution in [0, 0.1) is 0 Å². The highest BCUT2D eigenvalue weighted by Crippen LogP contribution is 2.38. The predicted molar refractivity (Wildman–Crippen MR) is 202 cm³/mol. The van der Waals surface area contributed by atoms with Crippen molar-refractivity contribution in [3.8, 4) is 22.3 Å². The molecule has 1 atom stereocenters. The lowest BCUT2D eigenvalue weighted by Crippen LogP contribution is -2.15. The Labute approximate surface area is 279 Å². The van der Waals surface area contributed by atoms with E-state index in [1.165, 1.54) is 43.4 Å². The van der Waals surface area contributed by atoms with E-state index in [1.807, 2.05) is 48.5 Å². The first-order valence-electron chi connectivity index (χ1n) is 16.3. The summed E-state index contributed by atoms with van der Waals surface area (Å²) in [6.07, 6.45) is -0.359. The summed E-state index contributed by atoms with van der Waals surface area (Å²) in [4.78, 5) is 10.0. The van der Waals surface area contributed by atoms with Crippen LogP contribution in [-0.2, 0) is 0 Å². The van der Waals surface area contributed by atoms with Crippen molar-refractivity contribution in [2.75, 3.05) is 0 Å². The number of hydrogen-bond acceptors (Lipinski definition) is 2. The first-order chi connectivity index (χ1) is 23.8. The number of benzene rings is 8. The molecule has 0 aromatic heterocycles. The highest BCUT2D eigenvalue weighted by atomic mass is 15.2. The minimum absolute atomic E-state index is 0.359. The molecule has 0 amide bonds. The maximum atomic E-state index is 5.04. The number of aliphatic imine (C=N–C) groups is 2. The zero-order valence-corrected chi connectivity index (χ0v) is 26.2. The normalized spacial score (nSPS) is 14.5. The molecule has 1 heterocycles. The molecule has 0 radical (unpaired) electrons. The van der Waals surface area contributed by atoms with Gasteiger partial charge in [0.25, 0.3) is 0 Å². The molecule has 8 aromatic rings. The van der Waals surface area contributed by atoms with Crippen molar-refractivity contribution >= 4 is 44.0 Å². The summed E-state index contributed by atoms with van der Waals surface area (Å²) < 4.78 is 0. The van der Waals surface area contributed by atoms with Gasteiger partial charge in [0.05, 0.1) is 12.0 Å². The van der Waals surface area contributed by atoms with Crippen molar-refractivity contribution in [1.82, 2.24) is 0 Å². The van der Waals surface area contributed by atoms with Crippen LogP contribution in [0.5, 0.6) is 0 Å². The smallest absolute Gasteiger partial charge is 0.0822 e. The van der Waals surface area contributed by atoms with Crippen molar-refractivity contribution in [3.63, 3.8) is 0 Å². The first kappa shape index (κ1) is 27.9. The van der Waals surface area contributed by atoms with E-state index in [0.29, 0.717) is 11.7 Å². The molecule has 1 aliphatic rings. The van der Waals surface area contributed by atoms with Gasteiger partial charge in [0, 0.05) is 0 Å². The first-order valence-corrected chi connectivity index (χ1v) is 16.3. The standard InChI is InChI=1S/C45H30N3/c1-3-13-30(14-4-1)43-46-44(31-15-5-2-6-16-31)48-45(47-43)36-20-12-19-34(28-36)32-17-11-18-33(27-32)35-25-26-41-39-23-8-7-21-37(39)38-22-9-10-24-40(38)42(41)29-35/h1-29,43H/q-1. The van der Waals surface area contributed by atoms with E-state index in [1.54, 1.807) is 0 Å². The summed E-state index contributed by atoms with van der Waals surface area (Å²) in [5.74, 6) is 1.38. The van der Waals surface area contributed by atoms with Gasteiger partial charge in [-0.15, -0.1) is 0 Å². The molecular formula is C45H30N3-. The van der Waals surface area contributed by atoms with Crippen LogP contribution < -0.4 is 0 Å². The van der Waals surface area contributed by atoms with Gasteiger partial charge >= 0.3 is 0 Å². The number of fused-ring (bicyclic) bond motifs is 6. The molecule has 8 aromatic carbocycles. The fourth-order valence-corrected chi connectivity index (χ4v) is 6.86. The fraction of sp³-hybridized carbons (Fsp3) is 0.0222. The molecule has 9 rings (SSSR count). The average molecular weight is 613 g/mol. The molecule has 0 saturated heterocycles. The summed E-state index contributed by atoms with van der Waals surface area (Å²) in [7, 11) is 0. The van der Waals surface area contributed by atoms with Crippen molar-refractivity contribution in [3.05, 3.63) is 198 Å². The van der Waals surface area contributed by atoms with Crippen LogP contribution >= 0.6 is 0 Å². The highest BCUT2D eigenvalue weighted by molar-refractivity contribution is 6.25. The Morgan fingerprint density at radius 2 is 0.812 bits per heavy atom. The molecule has 0 saturated carbocycles. The number of hydrogen-bond donors (Lipinski definition) is 0. The third-order valence-electron chi connectivity index (χ3n) is 9.22. The fourth-order valence-electron chi connectivity index (χ4n) is 6.86. The lowest BCUT2D eigenvalue weighted by atomic mass is 9.91. The Morgan fingerprint density at radius 3 is 1.44 bits per heavy atom. The van der Waals surface area contributed by atoms with Crippen LogP contribution in [0.1, 0.15) is 22.9 Å². The molecule has 0 fully saturated rings. The Morgan fingerprint density at radius 1 is 0.354 bits per heavy atom. The van der Waals surface area contributed by atoms with Gasteiger partial charge in [0.1, 0.15) is 0 Å². The van der Waals surface area contributed by atoms with Crippen LogP contribution in [0.2, 0.25) is 0 Å². The van der Waals surface area contributed by atoms with Crippen molar-refractivity contribution in [1.29, 1.82) is 0 Å². The summed E-state index contributed by atoms with van der Waals surface area (Å²) in [5, 5.41) is 12.6. The lowest BCUT2D eigenvalue weighted by Gasteiger charge is -2.32. The molecule has 0 spiro atoms. The van der Waals surface area contributed by atoms with Gasteiger partial charge < -0.3 is 10.3 Å². The Bertz CT molecular complexity index is 2500. The van der Waals surface area contributed by atoms with Crippen LogP contribution in [0.25, 0.3) is 59.9 Å². The quantitative estimate of drug-likeness (QED) is 0.174. The van der Waals surface area contributed by atoms with Crippen molar-refractivity contribution in [2.45, 2.75) is 6.17 Å². The minimum Gasteiger partial charge on any atom is -0.438 e. The van der Waals surface area contributed by atoms with Gasteiger partial charge in [-0.25, -0.2) is 0 Å². The van der Waals surface area contributed by atoms with Crippen LogP contribution in [0.3, 0.4) is 0 Å². The highest BCUT2D eigenvalue weighted by Gasteiger charge is 2.14. The van der Waals surface area contributed by atoms with E-state index in [9.17, 15) is 0 Å². The number of rotatable bonds is 5. The largest absolute Gasteiger partial charge is 0.438 e. The second kappa shape index (κ2) is 11.8. The van der Waals surface area contributed by atoms with E-state index in [-0.39, 0.29) is 6.17 Å². The topological polar surface area (TPSA) is 38.8 Å². The summed E-state index contributed by atoms with van der Waals surface area (Å²) in [5.41, 5.74) is 7.62. The van der Waals surface area contributed by atoms with Gasteiger partial charge in [0.2, 0.25) is 0 Å². The Hall–Kier alpha value is -6.32. The molecule has 0 bridgehead atoms. The molecule has 3 heteroatoms. The van der Waals surface area contributed by atoms with Gasteiger partial charge in [-0.1, -0.05) is 164 Å². The van der Waals surface area contributed by atoms with Crippen molar-refractivity contribution in [2.24, 2.45) is 9.98 Å². The number of amidine groups is 2. The van der Waals surface area contributed by atoms with E-state index in [2.05, 4.69) is 127 Å². The van der Waals surface area contributed by atoms with Crippen LogP contribution in [-0.4, -0.2) is 11.7 Å². The SMILES string of the molecule is c1ccc(C2=NC(c3cccc(-c4cccc(-c5ccc6c7ccccc7c7ccccc7c6c5)c4)c3)=NC(c3ccccc3)[N-]2)cc1. The van der Waals surface area contributed by atoms with Crippen LogP contribution in [0.4, 0.5) is 0 Å². The molecule has 0 aliphatic carbocycles. The summed E-state index contributed by atoms with van der Waals surface area (Å²) in [6, 6.07) is 62.0. The third-order valence-corrected chi connectivity index (χ3v) is 9.22. The second-order valence-electron chi connectivity index (χ2n) is 12.2. The lowest BCUT2D eigenvalue weighted by molar-refractivity contribution is 0.878. The third kappa shape index (κ3) is 5.03. The molecule has 3 nitrogen and oxygen atoms in total. The number of nitrogens with zero attached hydrogens (tertiary/aromatic N) is 3. The molecule has 226 valence electrons. The van der Waals surface area contributed by atoms with Crippen LogP contribution in [0.15, 0.2) is 186 Å². The summed E-state index contributed by atoms with van der Waals surface area (Å²) >= 11 is 0. The maximum absolute atomic E-state index is 5.04. The van der Waals surface area contributed by atoms with E-state index in [4.69, 9.17) is 15.3 Å². The van der Waals surface area contributed by atoms with E-state index in [0.717, 1.165) is 27.8 Å². The zero-order chi connectivity index (χ0) is 31.9. The van der Waals surface area contributed by atoms with Gasteiger partial charge in [-0.05, 0) is 89.5 Å². The van der Waals surface area contributed by atoms with Gasteiger partial charge in [0.15, 0.2) is 0 Å². The Balaban J connectivity index is 1.12. The second-order valence-corrected chi connectivity index (χ2v) is 12.2. The van der Waals surface area contributed by atoms with Gasteiger partial charge in [-0.3, -0.25) is 4.99 Å². The molecule has 0 N–H and O–H groups in total. The van der Waals surface area contributed by atoms with Crippen molar-refractivity contribution < 1.29 is 0 Å². The van der Waals surface area contributed by atoms with E-state index >= 15 is 0 Å². The molecule has 1 aliphatic heterocycles. The average Bonchev–Trinajstić information content (AvgIpc) is 3.18. The maximum Gasteiger partial charge on any atom is 0.0822 e. The predicted octanol–water partition coefficient (Wildman–Crippen LogP) is 11.8. The molecule has 1 unspecified atom stereocenters. The zero-order valence-electron chi connectivity index (χ0n) is 26.2. The Kier molecular flexibility index (Phi) is 6.87. The monoisotopic (exact) mass is 612 g/mol. The minimum atomic E-state index is -0.359. The molecule has 48 heavy (non-hydrogen) atoms. The van der Waals surface area contributed by atoms with Gasteiger partial charge in [-0.2, -0.15) is 0 Å². The summed E-state index contributed by atoms with van der Waals surface area (Å²) in [6.45, 7) is 0. The van der Waals surface area contributed by atoms with E-state index < -0.39 is 0 Å². The molecular weight excluding hydrogens is 583 g/mol.